The number of nitrogens with two attached hydrogens (primary N) is 1. The van der Waals surface area contributed by atoms with Gasteiger partial charge in [0.15, 0.2) is 0 Å². The summed E-state index contributed by atoms with van der Waals surface area (Å²) in [5.41, 5.74) is 4.69. The number of hydrogen-bond donors (Lipinski definition) is 1. The van der Waals surface area contributed by atoms with Crippen molar-refractivity contribution in [2.24, 2.45) is 5.73 Å². The maximum Gasteiger partial charge on any atom is 0.416 e. The summed E-state index contributed by atoms with van der Waals surface area (Å²) in [4.78, 5) is 12.8. The highest BCUT2D eigenvalue weighted by atomic mass is 19.4. The summed E-state index contributed by atoms with van der Waals surface area (Å²) in [5, 5.41) is 0. The molecule has 6 heteroatoms. The Morgan fingerprint density at radius 3 is 2.14 bits per heavy atom. The van der Waals surface area contributed by atoms with Gasteiger partial charge in [-0.1, -0.05) is 11.8 Å². The van der Waals surface area contributed by atoms with Gasteiger partial charge in [0.1, 0.15) is 0 Å². The molecular formula is C16H19F3N2O. The van der Waals surface area contributed by atoms with Crippen LogP contribution >= 0.6 is 0 Å². The lowest BCUT2D eigenvalue weighted by Crippen LogP contribution is -2.46. The maximum absolute atomic E-state index is 12.4. The quantitative estimate of drug-likeness (QED) is 0.872. The van der Waals surface area contributed by atoms with Gasteiger partial charge in [-0.3, -0.25) is 9.69 Å². The molecule has 1 rings (SSSR count). The SMILES string of the molecule is CC(C)(C)N(CC#Cc1ccc(C(F)(F)F)cc1)CC(N)=O. The lowest BCUT2D eigenvalue weighted by atomic mass is 10.1. The molecule has 0 aliphatic rings. The number of alkyl halides is 3. The van der Waals surface area contributed by atoms with Crippen LogP contribution in [0.4, 0.5) is 13.2 Å². The standard InChI is InChI=1S/C16H19F3N2O/c1-15(2,3)21(11-14(20)22)10-4-5-12-6-8-13(9-7-12)16(17,18)19/h6-9H,10-11H2,1-3H3,(H2,20,22). The third-order valence-electron chi connectivity index (χ3n) is 3.01. The van der Waals surface area contributed by atoms with Crippen LogP contribution in [0.5, 0.6) is 0 Å². The number of amides is 1. The maximum atomic E-state index is 12.4. The van der Waals surface area contributed by atoms with E-state index in [9.17, 15) is 18.0 Å². The monoisotopic (exact) mass is 312 g/mol. The number of benzene rings is 1. The van der Waals surface area contributed by atoms with Gasteiger partial charge in [-0.15, -0.1) is 0 Å². The molecule has 0 saturated carbocycles. The highest BCUT2D eigenvalue weighted by Gasteiger charge is 2.29. The van der Waals surface area contributed by atoms with Crippen LogP contribution in [0.25, 0.3) is 0 Å². The Labute approximate surface area is 128 Å². The second-order valence-corrected chi connectivity index (χ2v) is 5.87. The summed E-state index contributed by atoms with van der Waals surface area (Å²) >= 11 is 0. The Hall–Kier alpha value is -2.00. The van der Waals surface area contributed by atoms with Crippen molar-refractivity contribution >= 4 is 5.91 Å². The Morgan fingerprint density at radius 1 is 1.18 bits per heavy atom. The van der Waals surface area contributed by atoms with Crippen molar-refractivity contribution < 1.29 is 18.0 Å². The van der Waals surface area contributed by atoms with E-state index < -0.39 is 17.6 Å². The molecule has 0 heterocycles. The van der Waals surface area contributed by atoms with E-state index in [1.54, 1.807) is 4.90 Å². The van der Waals surface area contributed by atoms with Crippen LogP contribution in [0.2, 0.25) is 0 Å². The first-order valence-electron chi connectivity index (χ1n) is 6.69. The third kappa shape index (κ3) is 5.78. The lowest BCUT2D eigenvalue weighted by Gasteiger charge is -2.32. The van der Waals surface area contributed by atoms with Crippen LogP contribution < -0.4 is 5.73 Å². The summed E-state index contributed by atoms with van der Waals surface area (Å²) in [6.07, 6.45) is -4.35. The number of carbonyl (C=O) groups excluding carboxylic acids is 1. The second-order valence-electron chi connectivity index (χ2n) is 5.87. The molecule has 3 nitrogen and oxygen atoms in total. The van der Waals surface area contributed by atoms with Crippen molar-refractivity contribution in [2.75, 3.05) is 13.1 Å². The van der Waals surface area contributed by atoms with E-state index in [4.69, 9.17) is 5.73 Å². The number of carbonyl (C=O) groups is 1. The Morgan fingerprint density at radius 2 is 1.73 bits per heavy atom. The number of halogens is 3. The van der Waals surface area contributed by atoms with E-state index in [-0.39, 0.29) is 12.1 Å². The third-order valence-corrected chi connectivity index (χ3v) is 3.01. The highest BCUT2D eigenvalue weighted by Crippen LogP contribution is 2.28. The van der Waals surface area contributed by atoms with Gasteiger partial charge in [-0.25, -0.2) is 0 Å². The molecule has 0 fully saturated rings. The van der Waals surface area contributed by atoms with Crippen molar-refractivity contribution in [3.8, 4) is 11.8 Å². The predicted molar refractivity (Wildman–Crippen MR) is 78.8 cm³/mol. The molecule has 0 spiro atoms. The van der Waals surface area contributed by atoms with Gasteiger partial charge in [-0.2, -0.15) is 13.2 Å². The molecule has 22 heavy (non-hydrogen) atoms. The molecule has 1 aromatic rings. The van der Waals surface area contributed by atoms with Gasteiger partial charge in [0, 0.05) is 11.1 Å². The molecule has 0 atom stereocenters. The topological polar surface area (TPSA) is 46.3 Å². The van der Waals surface area contributed by atoms with Crippen LogP contribution in [0, 0.1) is 11.8 Å². The van der Waals surface area contributed by atoms with Crippen molar-refractivity contribution in [1.29, 1.82) is 0 Å². The zero-order valence-electron chi connectivity index (χ0n) is 12.8. The summed E-state index contributed by atoms with van der Waals surface area (Å²) in [6, 6.07) is 4.64. The second kappa shape index (κ2) is 6.84. The number of primary amides is 1. The predicted octanol–water partition coefficient (Wildman–Crippen LogP) is 2.64. The van der Waals surface area contributed by atoms with Crippen LogP contribution in [0.15, 0.2) is 24.3 Å². The molecule has 1 aromatic carbocycles. The fourth-order valence-corrected chi connectivity index (χ4v) is 1.70. The van der Waals surface area contributed by atoms with Crippen LogP contribution in [0.3, 0.4) is 0 Å². The van der Waals surface area contributed by atoms with E-state index in [2.05, 4.69) is 11.8 Å². The highest BCUT2D eigenvalue weighted by molar-refractivity contribution is 5.76. The molecule has 0 unspecified atom stereocenters. The minimum absolute atomic E-state index is 0.0746. The van der Waals surface area contributed by atoms with Gasteiger partial charge >= 0.3 is 6.18 Å². The lowest BCUT2D eigenvalue weighted by molar-refractivity contribution is -0.137. The van der Waals surface area contributed by atoms with E-state index in [1.165, 1.54) is 12.1 Å². The largest absolute Gasteiger partial charge is 0.416 e. The molecule has 0 aliphatic carbocycles. The van der Waals surface area contributed by atoms with Gasteiger partial charge < -0.3 is 5.73 Å². The van der Waals surface area contributed by atoms with Crippen molar-refractivity contribution in [3.63, 3.8) is 0 Å². The van der Waals surface area contributed by atoms with Crippen LogP contribution in [-0.4, -0.2) is 29.4 Å². The normalized spacial score (nSPS) is 12.0. The minimum atomic E-state index is -4.35. The van der Waals surface area contributed by atoms with E-state index in [0.717, 1.165) is 12.1 Å². The molecule has 0 bridgehead atoms. The average molecular weight is 312 g/mol. The molecule has 1 amide bonds. The van der Waals surface area contributed by atoms with Gasteiger partial charge in [-0.05, 0) is 45.0 Å². The van der Waals surface area contributed by atoms with Crippen molar-refractivity contribution in [3.05, 3.63) is 35.4 Å². The van der Waals surface area contributed by atoms with Gasteiger partial charge in [0.2, 0.25) is 5.91 Å². The first-order valence-corrected chi connectivity index (χ1v) is 6.69. The first-order chi connectivity index (χ1) is 10.00. The number of rotatable bonds is 3. The molecular weight excluding hydrogens is 293 g/mol. The summed E-state index contributed by atoms with van der Waals surface area (Å²) < 4.78 is 37.3. The fraction of sp³-hybridized carbons (Fsp3) is 0.438. The van der Waals surface area contributed by atoms with Gasteiger partial charge in [0.05, 0.1) is 18.7 Å². The minimum Gasteiger partial charge on any atom is -0.369 e. The zero-order chi connectivity index (χ0) is 17.0. The number of hydrogen-bond acceptors (Lipinski definition) is 2. The zero-order valence-corrected chi connectivity index (χ0v) is 12.8. The summed E-state index contributed by atoms with van der Waals surface area (Å²) in [6.45, 7) is 6.15. The Bertz CT molecular complexity index is 575. The molecule has 120 valence electrons. The van der Waals surface area contributed by atoms with Crippen molar-refractivity contribution in [2.45, 2.75) is 32.5 Å². The molecule has 0 saturated heterocycles. The molecule has 0 aliphatic heterocycles. The fourth-order valence-electron chi connectivity index (χ4n) is 1.70. The van der Waals surface area contributed by atoms with Gasteiger partial charge in [0.25, 0.3) is 0 Å². The number of nitrogens with zero attached hydrogens (tertiary/aromatic N) is 1. The van der Waals surface area contributed by atoms with Crippen LogP contribution in [0.1, 0.15) is 31.9 Å². The van der Waals surface area contributed by atoms with Crippen LogP contribution in [-0.2, 0) is 11.0 Å². The Kier molecular flexibility index (Phi) is 5.61. The molecule has 0 aromatic heterocycles. The smallest absolute Gasteiger partial charge is 0.369 e. The molecule has 0 radical (unpaired) electrons. The average Bonchev–Trinajstić information content (AvgIpc) is 2.35. The molecule has 2 N–H and O–H groups in total. The van der Waals surface area contributed by atoms with E-state index in [0.29, 0.717) is 12.1 Å². The Balaban J connectivity index is 2.79. The first kappa shape index (κ1) is 18.1. The van der Waals surface area contributed by atoms with Crippen molar-refractivity contribution in [1.82, 2.24) is 4.90 Å². The summed E-state index contributed by atoms with van der Waals surface area (Å²) in [7, 11) is 0. The summed E-state index contributed by atoms with van der Waals surface area (Å²) in [5.74, 6) is 5.19. The van der Waals surface area contributed by atoms with E-state index in [1.807, 2.05) is 20.8 Å². The van der Waals surface area contributed by atoms with E-state index >= 15 is 0 Å².